The molecule has 7 nitrogen and oxygen atoms in total. The van der Waals surface area contributed by atoms with Crippen molar-refractivity contribution in [1.82, 2.24) is 9.66 Å². The number of fused-ring (bicyclic) bond motifs is 1. The van der Waals surface area contributed by atoms with Crippen molar-refractivity contribution in [1.29, 1.82) is 0 Å². The Bertz CT molecular complexity index is 1310. The summed E-state index contributed by atoms with van der Waals surface area (Å²) in [6, 6.07) is 8.67. The zero-order valence-electron chi connectivity index (χ0n) is 19.1. The second-order valence-electron chi connectivity index (χ2n) is 7.62. The second-order valence-corrected chi connectivity index (χ2v) is 9.83. The predicted octanol–water partition coefficient (Wildman–Crippen LogP) is 6.30. The lowest BCUT2D eigenvalue weighted by Crippen LogP contribution is -2.26. The molecule has 1 heterocycles. The van der Waals surface area contributed by atoms with E-state index in [1.54, 1.807) is 38.1 Å². The van der Waals surface area contributed by atoms with Crippen molar-refractivity contribution in [3.05, 3.63) is 66.0 Å². The Balaban J connectivity index is 2.13. The number of carbonyl (C=O) groups excluding carboxylic acids is 1. The molecule has 0 N–H and O–H groups in total. The lowest BCUT2D eigenvalue weighted by atomic mass is 10.1. The molecule has 0 aliphatic rings. The first kappa shape index (κ1) is 26.4. The molecule has 0 aliphatic heterocycles. The van der Waals surface area contributed by atoms with Crippen LogP contribution in [-0.4, -0.2) is 34.6 Å². The maximum Gasteiger partial charge on any atom is 0.347 e. The molecule has 0 unspecified atom stereocenters. The van der Waals surface area contributed by atoms with Crippen LogP contribution in [0.1, 0.15) is 51.4 Å². The summed E-state index contributed by atoms with van der Waals surface area (Å²) in [5, 5.41) is 5.35. The van der Waals surface area contributed by atoms with E-state index in [0.717, 1.165) is 10.9 Å². The molecule has 3 rings (SSSR count). The Kier molecular flexibility index (Phi) is 8.89. The van der Waals surface area contributed by atoms with Gasteiger partial charge in [0, 0.05) is 21.0 Å². The maximum absolute atomic E-state index is 13.4. The first-order valence-electron chi connectivity index (χ1n) is 10.7. The number of hydrogen-bond acceptors (Lipinski definition) is 6. The van der Waals surface area contributed by atoms with Gasteiger partial charge in [-0.05, 0) is 66.5 Å². The fraction of sp³-hybridized carbons (Fsp3) is 0.333. The van der Waals surface area contributed by atoms with E-state index in [1.807, 2.05) is 19.9 Å². The smallest absolute Gasteiger partial charge is 0.347 e. The van der Waals surface area contributed by atoms with Gasteiger partial charge in [-0.15, -0.1) is 0 Å². The van der Waals surface area contributed by atoms with Gasteiger partial charge < -0.3 is 9.47 Å². The van der Waals surface area contributed by atoms with Gasteiger partial charge in [-0.2, -0.15) is 9.78 Å². The SMILES string of the molecule is CCOC(=O)[C@@H](C)Oc1c(Br)cc(Cl)cc1C=Nn1c([C@@H](C)CC)nc2ccc(Br)cc2c1=O. The van der Waals surface area contributed by atoms with Crippen LogP contribution in [0.2, 0.25) is 5.02 Å². The Labute approximate surface area is 219 Å². The zero-order chi connectivity index (χ0) is 25.0. The summed E-state index contributed by atoms with van der Waals surface area (Å²) in [4.78, 5) is 30.2. The van der Waals surface area contributed by atoms with Crippen LogP contribution >= 0.6 is 43.5 Å². The van der Waals surface area contributed by atoms with Crippen molar-refractivity contribution in [2.75, 3.05) is 6.61 Å². The number of esters is 1. The molecule has 10 heteroatoms. The van der Waals surface area contributed by atoms with Crippen LogP contribution in [0.25, 0.3) is 10.9 Å². The number of hydrogen-bond donors (Lipinski definition) is 0. The van der Waals surface area contributed by atoms with E-state index in [9.17, 15) is 9.59 Å². The number of carbonyl (C=O) groups is 1. The Morgan fingerprint density at radius 3 is 2.65 bits per heavy atom. The second kappa shape index (κ2) is 11.5. The number of rotatable bonds is 8. The van der Waals surface area contributed by atoms with Gasteiger partial charge in [0.25, 0.3) is 5.56 Å². The molecular formula is C24H24Br2ClN3O4. The fourth-order valence-corrected chi connectivity index (χ4v) is 4.47. The third kappa shape index (κ3) is 5.87. The summed E-state index contributed by atoms with van der Waals surface area (Å²) in [6.07, 6.45) is 1.39. The van der Waals surface area contributed by atoms with Gasteiger partial charge >= 0.3 is 5.97 Å². The molecule has 2 aromatic carbocycles. The molecule has 2 atom stereocenters. The highest BCUT2D eigenvalue weighted by Crippen LogP contribution is 2.33. The zero-order valence-corrected chi connectivity index (χ0v) is 23.1. The summed E-state index contributed by atoms with van der Waals surface area (Å²) in [5.74, 6) is 0.390. The summed E-state index contributed by atoms with van der Waals surface area (Å²) in [7, 11) is 0. The average molecular weight is 614 g/mol. The molecule has 34 heavy (non-hydrogen) atoms. The lowest BCUT2D eigenvalue weighted by Gasteiger charge is -2.17. The van der Waals surface area contributed by atoms with Gasteiger partial charge in [0.05, 0.1) is 28.2 Å². The van der Waals surface area contributed by atoms with Crippen LogP contribution in [0.15, 0.2) is 49.2 Å². The van der Waals surface area contributed by atoms with E-state index in [-0.39, 0.29) is 18.1 Å². The number of aromatic nitrogens is 2. The minimum Gasteiger partial charge on any atom is -0.477 e. The molecular weight excluding hydrogens is 590 g/mol. The van der Waals surface area contributed by atoms with Crippen LogP contribution in [0.5, 0.6) is 5.75 Å². The highest BCUT2D eigenvalue weighted by atomic mass is 79.9. The molecule has 180 valence electrons. The third-order valence-electron chi connectivity index (χ3n) is 5.15. The standard InChI is InChI=1S/C24H24Br2ClN3O4/c1-5-13(3)22-29-20-8-7-16(25)10-18(20)23(31)30(22)28-12-15-9-17(27)11-19(26)21(15)34-14(4)24(32)33-6-2/h7-14H,5-6H2,1-4H3/t13-,14+/m0/s1. The minimum absolute atomic E-state index is 0.0106. The molecule has 0 amide bonds. The summed E-state index contributed by atoms with van der Waals surface area (Å²) < 4.78 is 13.5. The van der Waals surface area contributed by atoms with E-state index in [1.165, 1.54) is 10.9 Å². The molecule has 0 spiro atoms. The van der Waals surface area contributed by atoms with Gasteiger partial charge in [-0.25, -0.2) is 9.78 Å². The predicted molar refractivity (Wildman–Crippen MR) is 141 cm³/mol. The molecule has 0 bridgehead atoms. The van der Waals surface area contributed by atoms with Crippen molar-refractivity contribution < 1.29 is 14.3 Å². The van der Waals surface area contributed by atoms with Crippen molar-refractivity contribution in [3.8, 4) is 5.75 Å². The monoisotopic (exact) mass is 611 g/mol. The van der Waals surface area contributed by atoms with Gasteiger partial charge in [0.2, 0.25) is 0 Å². The van der Waals surface area contributed by atoms with E-state index in [0.29, 0.717) is 37.5 Å². The Hall–Kier alpha value is -2.23. The average Bonchev–Trinajstić information content (AvgIpc) is 2.80. The first-order chi connectivity index (χ1) is 16.2. The van der Waals surface area contributed by atoms with Crippen LogP contribution < -0.4 is 10.3 Å². The summed E-state index contributed by atoms with van der Waals surface area (Å²) in [6.45, 7) is 7.58. The van der Waals surface area contributed by atoms with Gasteiger partial charge in [0.1, 0.15) is 11.6 Å². The number of nitrogens with zero attached hydrogens (tertiary/aromatic N) is 3. The van der Waals surface area contributed by atoms with E-state index in [4.69, 9.17) is 26.1 Å². The van der Waals surface area contributed by atoms with Crippen LogP contribution in [0.3, 0.4) is 0 Å². The molecule has 0 saturated heterocycles. The number of halogens is 3. The molecule has 0 saturated carbocycles. The van der Waals surface area contributed by atoms with Crippen molar-refractivity contribution in [2.24, 2.45) is 5.10 Å². The maximum atomic E-state index is 13.4. The van der Waals surface area contributed by atoms with E-state index < -0.39 is 12.1 Å². The van der Waals surface area contributed by atoms with Crippen LogP contribution in [0, 0.1) is 0 Å². The lowest BCUT2D eigenvalue weighted by molar-refractivity contribution is -0.150. The molecule has 3 aromatic rings. The quantitative estimate of drug-likeness (QED) is 0.220. The fourth-order valence-electron chi connectivity index (χ4n) is 3.18. The third-order valence-corrected chi connectivity index (χ3v) is 6.45. The van der Waals surface area contributed by atoms with E-state index in [2.05, 4.69) is 37.0 Å². The normalized spacial score (nSPS) is 13.3. The minimum atomic E-state index is -0.859. The number of benzene rings is 2. The molecule has 0 fully saturated rings. The largest absolute Gasteiger partial charge is 0.477 e. The Morgan fingerprint density at radius 2 is 1.97 bits per heavy atom. The van der Waals surface area contributed by atoms with Gasteiger partial charge in [0.15, 0.2) is 6.10 Å². The number of ether oxygens (including phenoxy) is 2. The van der Waals surface area contributed by atoms with Gasteiger partial charge in [-0.1, -0.05) is 41.4 Å². The Morgan fingerprint density at radius 1 is 1.24 bits per heavy atom. The van der Waals surface area contributed by atoms with Crippen LogP contribution in [-0.2, 0) is 9.53 Å². The molecule has 1 aromatic heterocycles. The molecule has 0 aliphatic carbocycles. The topological polar surface area (TPSA) is 82.8 Å². The van der Waals surface area contributed by atoms with Gasteiger partial charge in [-0.3, -0.25) is 4.79 Å². The highest BCUT2D eigenvalue weighted by Gasteiger charge is 2.20. The van der Waals surface area contributed by atoms with Crippen molar-refractivity contribution in [3.63, 3.8) is 0 Å². The first-order valence-corrected chi connectivity index (χ1v) is 12.7. The van der Waals surface area contributed by atoms with Crippen molar-refractivity contribution in [2.45, 2.75) is 46.1 Å². The van der Waals surface area contributed by atoms with Crippen LogP contribution in [0.4, 0.5) is 0 Å². The summed E-state index contributed by atoms with van der Waals surface area (Å²) in [5.41, 5.74) is 0.793. The molecule has 0 radical (unpaired) electrons. The van der Waals surface area contributed by atoms with Crippen molar-refractivity contribution >= 4 is 66.5 Å². The summed E-state index contributed by atoms with van der Waals surface area (Å²) >= 11 is 13.1. The highest BCUT2D eigenvalue weighted by molar-refractivity contribution is 9.10. The van der Waals surface area contributed by atoms with E-state index >= 15 is 0 Å².